The Labute approximate surface area is 35.4 Å². The summed E-state index contributed by atoms with van der Waals surface area (Å²) in [6.45, 7) is 0. The van der Waals surface area contributed by atoms with Crippen molar-refractivity contribution in [2.75, 3.05) is 5.88 Å². The summed E-state index contributed by atoms with van der Waals surface area (Å²) in [6, 6.07) is 0. The third-order valence-corrected chi connectivity index (χ3v) is 1.11. The van der Waals surface area contributed by atoms with Gasteiger partial charge in [0.25, 0.3) is 0 Å². The number of hydrogen-bond donors (Lipinski definition) is 1. The molecule has 28 valence electrons. The van der Waals surface area contributed by atoms with E-state index < -0.39 is 0 Å². The molecule has 0 bridgehead atoms. The summed E-state index contributed by atoms with van der Waals surface area (Å²) in [5.74, 6) is 1.06. The molecule has 1 aliphatic heterocycles. The Hall–Kier alpha value is -0.110. The lowest BCUT2D eigenvalue weighted by molar-refractivity contribution is 1.08. The molecule has 0 aromatic rings. The van der Waals surface area contributed by atoms with Crippen molar-refractivity contribution in [1.29, 1.82) is 0 Å². The van der Waals surface area contributed by atoms with Crippen LogP contribution in [0.25, 0.3) is 0 Å². The minimum Gasteiger partial charge on any atom is -0.381 e. The minimum atomic E-state index is 1.06. The minimum absolute atomic E-state index is 1.06. The normalized spacial score (nSPS) is 19.2. The molecule has 1 nitrogen and oxygen atoms in total. The average molecular weight is 89.1 g/mol. The summed E-state index contributed by atoms with van der Waals surface area (Å²) >= 11 is 1.78. The van der Waals surface area contributed by atoms with Gasteiger partial charge in [0.15, 0.2) is 0 Å². The molecule has 2 heteroatoms. The highest BCUT2D eigenvalue weighted by atomic mass is 32.2. The van der Waals surface area contributed by atoms with Crippen LogP contribution in [0.15, 0.2) is 11.6 Å². The second kappa shape index (κ2) is 1.36. The van der Waals surface area contributed by atoms with E-state index in [0.717, 1.165) is 5.88 Å². The van der Waals surface area contributed by atoms with Crippen molar-refractivity contribution >= 4 is 11.8 Å². The fourth-order valence-electron chi connectivity index (χ4n) is 0.241. The van der Waals surface area contributed by atoms with Crippen molar-refractivity contribution in [3.8, 4) is 0 Å². The van der Waals surface area contributed by atoms with Crippen LogP contribution in [0, 0.1) is 0 Å². The molecular formula is C3H5NS. The molecule has 0 aromatic carbocycles. The standard InChI is InChI=1S/C3H5NS/c1-2-5-3-4-1/h1-2,4H,3H2/i3+2. The Morgan fingerprint density at radius 2 is 2.80 bits per heavy atom. The van der Waals surface area contributed by atoms with E-state index in [4.69, 9.17) is 0 Å². The molecule has 0 saturated heterocycles. The van der Waals surface area contributed by atoms with Gasteiger partial charge in [-0.15, -0.1) is 11.8 Å². The molecule has 0 aliphatic carbocycles. The lowest BCUT2D eigenvalue weighted by Gasteiger charge is -1.77. The van der Waals surface area contributed by atoms with Gasteiger partial charge < -0.3 is 5.32 Å². The second-order valence-electron chi connectivity index (χ2n) is 0.818. The zero-order valence-electron chi connectivity index (χ0n) is 2.77. The van der Waals surface area contributed by atoms with E-state index in [9.17, 15) is 0 Å². The summed E-state index contributed by atoms with van der Waals surface area (Å²) in [4.78, 5) is 0. The highest BCUT2D eigenvalue weighted by Gasteiger charge is 1.81. The van der Waals surface area contributed by atoms with Gasteiger partial charge in [-0.25, -0.2) is 0 Å². The summed E-state index contributed by atoms with van der Waals surface area (Å²) in [5.41, 5.74) is 0. The van der Waals surface area contributed by atoms with Gasteiger partial charge >= 0.3 is 0 Å². The molecule has 0 atom stereocenters. The van der Waals surface area contributed by atoms with Gasteiger partial charge in [-0.3, -0.25) is 0 Å². The zero-order valence-corrected chi connectivity index (χ0v) is 3.59. The maximum atomic E-state index is 3.00. The molecule has 1 rings (SSSR count). The van der Waals surface area contributed by atoms with Crippen LogP contribution in [0.5, 0.6) is 0 Å². The van der Waals surface area contributed by atoms with Crippen LogP contribution in [-0.4, -0.2) is 5.88 Å². The Kier molecular flexibility index (Phi) is 0.841. The fourth-order valence-corrected chi connectivity index (χ4v) is 0.722. The lowest BCUT2D eigenvalue weighted by Crippen LogP contribution is -1.93. The van der Waals surface area contributed by atoms with Crippen LogP contribution in [0.4, 0.5) is 0 Å². The van der Waals surface area contributed by atoms with Gasteiger partial charge in [-0.1, -0.05) is 0 Å². The summed E-state index contributed by atoms with van der Waals surface area (Å²) in [7, 11) is 0. The van der Waals surface area contributed by atoms with E-state index >= 15 is 0 Å². The molecule has 0 fully saturated rings. The van der Waals surface area contributed by atoms with Gasteiger partial charge in [0, 0.05) is 6.20 Å². The van der Waals surface area contributed by atoms with Gasteiger partial charge in [0.2, 0.25) is 0 Å². The Morgan fingerprint density at radius 3 is 3.00 bits per heavy atom. The van der Waals surface area contributed by atoms with Crippen molar-refractivity contribution in [2.24, 2.45) is 0 Å². The molecule has 5 heavy (non-hydrogen) atoms. The molecule has 0 aromatic heterocycles. The van der Waals surface area contributed by atoms with Crippen LogP contribution in [-0.2, 0) is 0 Å². The van der Waals surface area contributed by atoms with E-state index in [-0.39, 0.29) is 0 Å². The van der Waals surface area contributed by atoms with E-state index in [1.54, 1.807) is 11.8 Å². The topological polar surface area (TPSA) is 12.0 Å². The van der Waals surface area contributed by atoms with Crippen LogP contribution in [0.2, 0.25) is 0 Å². The first kappa shape index (κ1) is 3.09. The van der Waals surface area contributed by atoms with E-state index in [2.05, 4.69) is 5.32 Å². The first-order chi connectivity index (χ1) is 2.50. The van der Waals surface area contributed by atoms with Crippen molar-refractivity contribution in [3.63, 3.8) is 0 Å². The summed E-state index contributed by atoms with van der Waals surface area (Å²) in [6.07, 6.45) is 1.95. The zero-order chi connectivity index (χ0) is 3.54. The quantitative estimate of drug-likeness (QED) is 0.470. The second-order valence-corrected chi connectivity index (χ2v) is 1.71. The smallest absolute Gasteiger partial charge is 0.0646 e. The fraction of sp³-hybridized carbons (Fsp3) is 0.333. The number of rotatable bonds is 0. The summed E-state index contributed by atoms with van der Waals surface area (Å²) in [5, 5.41) is 5.05. The maximum absolute atomic E-state index is 3.00. The predicted octanol–water partition coefficient (Wildman–Crippen LogP) is 0.751. The Balaban J connectivity index is 2.32. The van der Waals surface area contributed by atoms with Gasteiger partial charge in [0.1, 0.15) is 0 Å². The third-order valence-electron chi connectivity index (χ3n) is 0.449. The Morgan fingerprint density at radius 1 is 1.80 bits per heavy atom. The van der Waals surface area contributed by atoms with Gasteiger partial charge in [-0.05, 0) is 5.41 Å². The number of hydrogen-bond acceptors (Lipinski definition) is 2. The highest BCUT2D eigenvalue weighted by Crippen LogP contribution is 2.02. The number of nitrogens with one attached hydrogen (secondary N) is 1. The van der Waals surface area contributed by atoms with Crippen LogP contribution in [0.3, 0.4) is 0 Å². The van der Waals surface area contributed by atoms with Crippen LogP contribution in [0.1, 0.15) is 0 Å². The van der Waals surface area contributed by atoms with Crippen molar-refractivity contribution in [2.45, 2.75) is 0 Å². The van der Waals surface area contributed by atoms with Crippen molar-refractivity contribution < 1.29 is 0 Å². The maximum Gasteiger partial charge on any atom is 0.0646 e. The lowest BCUT2D eigenvalue weighted by atomic mass is 11.1. The molecule has 1 aliphatic rings. The molecule has 0 unspecified atom stereocenters. The van der Waals surface area contributed by atoms with E-state index in [0.29, 0.717) is 0 Å². The van der Waals surface area contributed by atoms with E-state index in [1.165, 1.54) is 0 Å². The molecule has 1 heterocycles. The largest absolute Gasteiger partial charge is 0.381 e. The highest BCUT2D eigenvalue weighted by molar-refractivity contribution is 8.02. The first-order valence-corrected chi connectivity index (χ1v) is 2.55. The average Bonchev–Trinajstić information content (AvgIpc) is 1.76. The molecule has 0 saturated carbocycles. The number of thioether (sulfide) groups is 1. The van der Waals surface area contributed by atoms with Crippen molar-refractivity contribution in [1.82, 2.24) is 5.32 Å². The molecule has 1 N–H and O–H groups in total. The SMILES string of the molecule is C1=CS[14CH2]N1. The molecule has 0 spiro atoms. The predicted molar refractivity (Wildman–Crippen MR) is 24.7 cm³/mol. The monoisotopic (exact) mass is 89.0 g/mol. The molecular weight excluding hydrogens is 84.1 g/mol. The van der Waals surface area contributed by atoms with Crippen LogP contribution >= 0.6 is 11.8 Å². The first-order valence-electron chi connectivity index (χ1n) is 1.50. The third kappa shape index (κ3) is 0.581. The molecule has 0 radical (unpaired) electrons. The van der Waals surface area contributed by atoms with Gasteiger partial charge in [0.05, 0.1) is 5.88 Å². The molecule has 0 amide bonds. The van der Waals surface area contributed by atoms with Gasteiger partial charge in [-0.2, -0.15) is 0 Å². The van der Waals surface area contributed by atoms with Crippen molar-refractivity contribution in [3.05, 3.63) is 11.6 Å². The van der Waals surface area contributed by atoms with E-state index in [1.807, 2.05) is 11.6 Å². The van der Waals surface area contributed by atoms with Crippen LogP contribution < -0.4 is 5.32 Å². The summed E-state index contributed by atoms with van der Waals surface area (Å²) < 4.78 is 0. The Bertz CT molecular complexity index is 44.9.